The number of benzene rings is 1. The fourth-order valence-electron chi connectivity index (χ4n) is 1.62. The van der Waals surface area contributed by atoms with Crippen LogP contribution in [0.5, 0.6) is 0 Å². The lowest BCUT2D eigenvalue weighted by Crippen LogP contribution is -2.26. The molecule has 18 heavy (non-hydrogen) atoms. The molecule has 2 rings (SSSR count). The molecule has 0 saturated heterocycles. The molecular weight excluding hydrogens is 292 g/mol. The van der Waals surface area contributed by atoms with Gasteiger partial charge < -0.3 is 5.32 Å². The molecule has 92 valence electrons. The van der Waals surface area contributed by atoms with Gasteiger partial charge in [-0.2, -0.15) is 0 Å². The molecule has 0 aliphatic rings. The Labute approximate surface area is 114 Å². The molecule has 4 heteroatoms. The van der Waals surface area contributed by atoms with Crippen LogP contribution in [0.25, 0.3) is 0 Å². The van der Waals surface area contributed by atoms with Crippen molar-refractivity contribution in [1.29, 1.82) is 0 Å². The summed E-state index contributed by atoms with van der Waals surface area (Å²) in [5, 5.41) is 2.95. The van der Waals surface area contributed by atoms with Crippen molar-refractivity contribution in [2.45, 2.75) is 13.0 Å². The van der Waals surface area contributed by atoms with Gasteiger partial charge in [0.1, 0.15) is 0 Å². The van der Waals surface area contributed by atoms with Crippen LogP contribution in [0.3, 0.4) is 0 Å². The van der Waals surface area contributed by atoms with Crippen molar-refractivity contribution in [3.8, 4) is 0 Å². The van der Waals surface area contributed by atoms with E-state index in [2.05, 4.69) is 26.2 Å². The Bertz CT molecular complexity index is 525. The molecule has 0 fully saturated rings. The van der Waals surface area contributed by atoms with Crippen molar-refractivity contribution in [1.82, 2.24) is 10.3 Å². The predicted molar refractivity (Wildman–Crippen MR) is 74.3 cm³/mol. The summed E-state index contributed by atoms with van der Waals surface area (Å²) in [5.41, 5.74) is 1.69. The predicted octanol–water partition coefficient (Wildman–Crippen LogP) is 3.34. The van der Waals surface area contributed by atoms with E-state index in [4.69, 9.17) is 0 Å². The molecule has 0 unspecified atom stereocenters. The van der Waals surface area contributed by atoms with Crippen LogP contribution in [0.2, 0.25) is 0 Å². The number of carbonyl (C=O) groups is 1. The van der Waals surface area contributed by atoms with E-state index in [0.29, 0.717) is 5.56 Å². The van der Waals surface area contributed by atoms with Crippen LogP contribution < -0.4 is 5.32 Å². The van der Waals surface area contributed by atoms with Crippen LogP contribution in [0, 0.1) is 0 Å². The minimum atomic E-state index is -0.0770. The van der Waals surface area contributed by atoms with Gasteiger partial charge in [0.2, 0.25) is 0 Å². The molecule has 0 spiro atoms. The molecular formula is C14H13BrN2O. The van der Waals surface area contributed by atoms with E-state index < -0.39 is 0 Å². The molecule has 0 aliphatic carbocycles. The molecule has 1 aromatic carbocycles. The lowest BCUT2D eigenvalue weighted by molar-refractivity contribution is 0.0940. The van der Waals surface area contributed by atoms with Crippen molar-refractivity contribution in [3.63, 3.8) is 0 Å². The first-order chi connectivity index (χ1) is 8.66. The van der Waals surface area contributed by atoms with Gasteiger partial charge >= 0.3 is 0 Å². The lowest BCUT2D eigenvalue weighted by atomic mass is 10.1. The zero-order valence-electron chi connectivity index (χ0n) is 9.93. The van der Waals surface area contributed by atoms with Crippen molar-refractivity contribution in [2.24, 2.45) is 0 Å². The molecule has 1 heterocycles. The highest BCUT2D eigenvalue weighted by Gasteiger charge is 2.10. The van der Waals surface area contributed by atoms with Crippen molar-refractivity contribution in [2.75, 3.05) is 0 Å². The van der Waals surface area contributed by atoms with Crippen LogP contribution in [0.15, 0.2) is 53.3 Å². The summed E-state index contributed by atoms with van der Waals surface area (Å²) in [6.45, 7) is 1.95. The molecule has 0 radical (unpaired) electrons. The Balaban J connectivity index is 2.06. The second kappa shape index (κ2) is 5.78. The first kappa shape index (κ1) is 12.8. The Hall–Kier alpha value is -1.68. The molecule has 0 bridgehead atoms. The quantitative estimate of drug-likeness (QED) is 0.945. The third-order valence-electron chi connectivity index (χ3n) is 2.66. The van der Waals surface area contributed by atoms with Gasteiger partial charge in [-0.15, -0.1) is 0 Å². The first-order valence-corrected chi connectivity index (χ1v) is 6.42. The monoisotopic (exact) mass is 304 g/mol. The van der Waals surface area contributed by atoms with E-state index in [1.54, 1.807) is 24.5 Å². The standard InChI is InChI=1S/C14H13BrN2O/c1-10(11-6-8-16-9-7-11)17-14(18)12-2-4-13(15)5-3-12/h2-10H,1H3,(H,17,18)/t10-/m0/s1. The van der Waals surface area contributed by atoms with Gasteiger partial charge in [-0.05, 0) is 48.9 Å². The number of rotatable bonds is 3. The first-order valence-electron chi connectivity index (χ1n) is 5.63. The zero-order valence-corrected chi connectivity index (χ0v) is 11.5. The molecule has 0 saturated carbocycles. The number of nitrogens with one attached hydrogen (secondary N) is 1. The molecule has 1 N–H and O–H groups in total. The van der Waals surface area contributed by atoms with Gasteiger partial charge in [0.25, 0.3) is 5.91 Å². The van der Waals surface area contributed by atoms with Crippen LogP contribution in [0.1, 0.15) is 28.9 Å². The van der Waals surface area contributed by atoms with E-state index in [1.165, 1.54) is 0 Å². The van der Waals surface area contributed by atoms with E-state index >= 15 is 0 Å². The highest BCUT2D eigenvalue weighted by atomic mass is 79.9. The highest BCUT2D eigenvalue weighted by molar-refractivity contribution is 9.10. The number of carbonyl (C=O) groups excluding carboxylic acids is 1. The Morgan fingerprint density at radius 2 is 1.78 bits per heavy atom. The third-order valence-corrected chi connectivity index (χ3v) is 3.19. The number of amides is 1. The summed E-state index contributed by atoms with van der Waals surface area (Å²) in [7, 11) is 0. The summed E-state index contributed by atoms with van der Waals surface area (Å²) in [6, 6.07) is 11.0. The van der Waals surface area contributed by atoms with Crippen LogP contribution in [-0.2, 0) is 0 Å². The summed E-state index contributed by atoms with van der Waals surface area (Å²) in [6.07, 6.45) is 3.44. The maximum absolute atomic E-state index is 12.0. The second-order valence-electron chi connectivity index (χ2n) is 3.98. The van der Waals surface area contributed by atoms with Crippen molar-refractivity contribution < 1.29 is 4.79 Å². The molecule has 1 aromatic heterocycles. The molecule has 1 atom stereocenters. The van der Waals surface area contributed by atoms with E-state index in [9.17, 15) is 4.79 Å². The maximum atomic E-state index is 12.0. The minimum Gasteiger partial charge on any atom is -0.346 e. The van der Waals surface area contributed by atoms with Gasteiger partial charge in [-0.25, -0.2) is 0 Å². The van der Waals surface area contributed by atoms with Crippen molar-refractivity contribution in [3.05, 3.63) is 64.4 Å². The van der Waals surface area contributed by atoms with Crippen LogP contribution >= 0.6 is 15.9 Å². The minimum absolute atomic E-state index is 0.0378. The highest BCUT2D eigenvalue weighted by Crippen LogP contribution is 2.13. The fraction of sp³-hybridized carbons (Fsp3) is 0.143. The maximum Gasteiger partial charge on any atom is 0.251 e. The Morgan fingerprint density at radius 1 is 1.17 bits per heavy atom. The zero-order chi connectivity index (χ0) is 13.0. The fourth-order valence-corrected chi connectivity index (χ4v) is 1.88. The Morgan fingerprint density at radius 3 is 2.39 bits per heavy atom. The lowest BCUT2D eigenvalue weighted by Gasteiger charge is -2.14. The topological polar surface area (TPSA) is 42.0 Å². The van der Waals surface area contributed by atoms with Gasteiger partial charge in [0, 0.05) is 22.4 Å². The number of nitrogens with zero attached hydrogens (tertiary/aromatic N) is 1. The average molecular weight is 305 g/mol. The van der Waals surface area contributed by atoms with E-state index in [0.717, 1.165) is 10.0 Å². The third kappa shape index (κ3) is 3.17. The second-order valence-corrected chi connectivity index (χ2v) is 4.90. The number of hydrogen-bond acceptors (Lipinski definition) is 2. The smallest absolute Gasteiger partial charge is 0.251 e. The van der Waals surface area contributed by atoms with E-state index in [1.807, 2.05) is 31.2 Å². The number of aromatic nitrogens is 1. The molecule has 1 amide bonds. The summed E-state index contributed by atoms with van der Waals surface area (Å²) in [5.74, 6) is -0.0770. The normalized spacial score (nSPS) is 11.9. The number of pyridine rings is 1. The van der Waals surface area contributed by atoms with Gasteiger partial charge in [0.05, 0.1) is 6.04 Å². The van der Waals surface area contributed by atoms with Gasteiger partial charge in [-0.3, -0.25) is 9.78 Å². The summed E-state index contributed by atoms with van der Waals surface area (Å²) < 4.78 is 0.959. The van der Waals surface area contributed by atoms with Gasteiger partial charge in [0.15, 0.2) is 0 Å². The van der Waals surface area contributed by atoms with E-state index in [-0.39, 0.29) is 11.9 Å². The van der Waals surface area contributed by atoms with Gasteiger partial charge in [-0.1, -0.05) is 15.9 Å². The number of halogens is 1. The Kier molecular flexibility index (Phi) is 4.10. The summed E-state index contributed by atoms with van der Waals surface area (Å²) >= 11 is 3.34. The number of hydrogen-bond donors (Lipinski definition) is 1. The average Bonchev–Trinajstić information content (AvgIpc) is 2.40. The largest absolute Gasteiger partial charge is 0.346 e. The summed E-state index contributed by atoms with van der Waals surface area (Å²) in [4.78, 5) is 16.0. The van der Waals surface area contributed by atoms with Crippen LogP contribution in [0.4, 0.5) is 0 Å². The van der Waals surface area contributed by atoms with Crippen molar-refractivity contribution >= 4 is 21.8 Å². The SMILES string of the molecule is C[C@H](NC(=O)c1ccc(Br)cc1)c1ccncc1. The van der Waals surface area contributed by atoms with Crippen LogP contribution in [-0.4, -0.2) is 10.9 Å². The molecule has 0 aliphatic heterocycles. The molecule has 3 nitrogen and oxygen atoms in total. The molecule has 2 aromatic rings.